The lowest BCUT2D eigenvalue weighted by Gasteiger charge is -2.07. The molecule has 1 atom stereocenters. The van der Waals surface area contributed by atoms with Crippen LogP contribution in [-0.2, 0) is 4.79 Å². The highest BCUT2D eigenvalue weighted by atomic mass is 35.5. The van der Waals surface area contributed by atoms with Crippen molar-refractivity contribution < 1.29 is 14.7 Å². The monoisotopic (exact) mass is 239 g/mol. The van der Waals surface area contributed by atoms with Crippen LogP contribution in [0.3, 0.4) is 0 Å². The topological polar surface area (TPSA) is 66.4 Å². The number of carbonyl (C=O) groups is 2. The zero-order valence-electron chi connectivity index (χ0n) is 8.37. The number of carboxylic acids is 1. The average molecular weight is 240 g/mol. The molecule has 0 spiro atoms. The molecule has 1 aliphatic heterocycles. The average Bonchev–Trinajstić information content (AvgIpc) is 2.39. The van der Waals surface area contributed by atoms with Crippen LogP contribution < -0.4 is 5.32 Å². The maximum Gasteiger partial charge on any atom is 0.314 e. The van der Waals surface area contributed by atoms with E-state index in [0.29, 0.717) is 29.2 Å². The second kappa shape index (κ2) is 4.14. The van der Waals surface area contributed by atoms with Crippen LogP contribution in [-0.4, -0.2) is 23.4 Å². The third-order valence-corrected chi connectivity index (χ3v) is 2.85. The molecular formula is C11H10ClNO3. The second-order valence-corrected chi connectivity index (χ2v) is 4.10. The summed E-state index contributed by atoms with van der Waals surface area (Å²) in [4.78, 5) is 22.9. The Morgan fingerprint density at radius 1 is 1.50 bits per heavy atom. The highest BCUT2D eigenvalue weighted by Crippen LogP contribution is 2.27. The molecule has 5 heteroatoms. The van der Waals surface area contributed by atoms with E-state index >= 15 is 0 Å². The molecule has 0 aliphatic carbocycles. The number of hydrogen-bond acceptors (Lipinski definition) is 3. The summed E-state index contributed by atoms with van der Waals surface area (Å²) in [5.74, 6) is -2.44. The van der Waals surface area contributed by atoms with Gasteiger partial charge in [0.15, 0.2) is 5.78 Å². The number of Topliss-reactive ketones (excluding diaryl/α,β-unsaturated/α-hetero) is 1. The van der Waals surface area contributed by atoms with Gasteiger partial charge in [0.2, 0.25) is 0 Å². The molecule has 1 unspecified atom stereocenters. The number of aliphatic carboxylic acids is 1. The van der Waals surface area contributed by atoms with Gasteiger partial charge in [-0.3, -0.25) is 9.59 Å². The summed E-state index contributed by atoms with van der Waals surface area (Å²) < 4.78 is 0. The normalized spacial score (nSPS) is 19.6. The maximum absolute atomic E-state index is 12.0. The summed E-state index contributed by atoms with van der Waals surface area (Å²) in [5.41, 5.74) is 1.01. The van der Waals surface area contributed by atoms with E-state index in [2.05, 4.69) is 5.32 Å². The first-order valence-corrected chi connectivity index (χ1v) is 5.28. The van der Waals surface area contributed by atoms with E-state index in [-0.39, 0.29) is 5.78 Å². The summed E-state index contributed by atoms with van der Waals surface area (Å²) in [6.45, 7) is 0.470. The van der Waals surface area contributed by atoms with Gasteiger partial charge in [-0.2, -0.15) is 0 Å². The van der Waals surface area contributed by atoms with E-state index in [9.17, 15) is 9.59 Å². The van der Waals surface area contributed by atoms with Crippen molar-refractivity contribution >= 4 is 29.0 Å². The molecule has 0 saturated heterocycles. The highest BCUT2D eigenvalue weighted by molar-refractivity contribution is 6.31. The van der Waals surface area contributed by atoms with E-state index in [1.54, 1.807) is 12.1 Å². The summed E-state index contributed by atoms with van der Waals surface area (Å²) >= 11 is 5.80. The lowest BCUT2D eigenvalue weighted by molar-refractivity contribution is -0.140. The first-order valence-electron chi connectivity index (χ1n) is 4.90. The van der Waals surface area contributed by atoms with Crippen LogP contribution >= 0.6 is 11.6 Å². The molecule has 0 fully saturated rings. The summed E-state index contributed by atoms with van der Waals surface area (Å²) in [6.07, 6.45) is 0.292. The number of fused-ring (bicyclic) bond motifs is 1. The van der Waals surface area contributed by atoms with Crippen LogP contribution in [0.5, 0.6) is 0 Å². The number of nitrogens with one attached hydrogen (secondary N) is 1. The van der Waals surface area contributed by atoms with Gasteiger partial charge in [-0.15, -0.1) is 0 Å². The first-order chi connectivity index (χ1) is 7.59. The molecule has 0 bridgehead atoms. The molecule has 0 amide bonds. The highest BCUT2D eigenvalue weighted by Gasteiger charge is 2.30. The van der Waals surface area contributed by atoms with E-state index in [0.717, 1.165) is 0 Å². The number of ketones is 1. The number of benzene rings is 1. The molecule has 2 rings (SSSR count). The minimum Gasteiger partial charge on any atom is -0.481 e. The lowest BCUT2D eigenvalue weighted by Crippen LogP contribution is -2.23. The SMILES string of the molecule is O=C(O)C1CCNc2ccc(Cl)cc2C1=O. The Kier molecular flexibility index (Phi) is 2.83. The molecular weight excluding hydrogens is 230 g/mol. The van der Waals surface area contributed by atoms with Gasteiger partial charge >= 0.3 is 5.97 Å². The Labute approximate surface area is 97.2 Å². The van der Waals surface area contributed by atoms with Crippen molar-refractivity contribution in [3.05, 3.63) is 28.8 Å². The third-order valence-electron chi connectivity index (χ3n) is 2.61. The number of hydrogen-bond donors (Lipinski definition) is 2. The fourth-order valence-corrected chi connectivity index (χ4v) is 1.95. The second-order valence-electron chi connectivity index (χ2n) is 3.66. The maximum atomic E-state index is 12.0. The van der Waals surface area contributed by atoms with Gasteiger partial charge in [-0.1, -0.05) is 11.6 Å². The van der Waals surface area contributed by atoms with Crippen LogP contribution in [0.1, 0.15) is 16.8 Å². The molecule has 0 aromatic heterocycles. The first kappa shape index (κ1) is 11.0. The fourth-order valence-electron chi connectivity index (χ4n) is 1.78. The number of rotatable bonds is 1. The van der Waals surface area contributed by atoms with Crippen LogP contribution in [0.25, 0.3) is 0 Å². The smallest absolute Gasteiger partial charge is 0.314 e. The zero-order valence-corrected chi connectivity index (χ0v) is 9.12. The van der Waals surface area contributed by atoms with Gasteiger partial charge in [0.05, 0.1) is 0 Å². The van der Waals surface area contributed by atoms with Gasteiger partial charge in [-0.05, 0) is 24.6 Å². The standard InChI is InChI=1S/C11H10ClNO3/c12-6-1-2-9-8(5-6)10(14)7(11(15)16)3-4-13-9/h1-2,5,7,13H,3-4H2,(H,15,16). The summed E-state index contributed by atoms with van der Waals surface area (Å²) in [5, 5.41) is 12.4. The minimum absolute atomic E-state index is 0.292. The largest absolute Gasteiger partial charge is 0.481 e. The van der Waals surface area contributed by atoms with Crippen molar-refractivity contribution in [3.63, 3.8) is 0 Å². The summed E-state index contributed by atoms with van der Waals surface area (Å²) in [6, 6.07) is 4.87. The number of anilines is 1. The van der Waals surface area contributed by atoms with Gasteiger partial charge in [0, 0.05) is 22.8 Å². The van der Waals surface area contributed by atoms with Gasteiger partial charge in [-0.25, -0.2) is 0 Å². The Morgan fingerprint density at radius 3 is 2.94 bits per heavy atom. The van der Waals surface area contributed by atoms with Crippen LogP contribution in [0, 0.1) is 5.92 Å². The van der Waals surface area contributed by atoms with Crippen molar-refractivity contribution in [1.29, 1.82) is 0 Å². The molecule has 1 aliphatic rings. The Balaban J connectivity index is 2.47. The molecule has 0 saturated carbocycles. The van der Waals surface area contributed by atoms with Gasteiger partial charge in [0.25, 0.3) is 0 Å². The zero-order chi connectivity index (χ0) is 11.7. The molecule has 84 valence electrons. The van der Waals surface area contributed by atoms with Crippen LogP contribution in [0.4, 0.5) is 5.69 Å². The molecule has 1 aromatic rings. The Hall–Kier alpha value is -1.55. The summed E-state index contributed by atoms with van der Waals surface area (Å²) in [7, 11) is 0. The van der Waals surface area contributed by atoms with Crippen LogP contribution in [0.2, 0.25) is 5.02 Å². The van der Waals surface area contributed by atoms with E-state index in [4.69, 9.17) is 16.7 Å². The van der Waals surface area contributed by atoms with Crippen LogP contribution in [0.15, 0.2) is 18.2 Å². The van der Waals surface area contributed by atoms with Crippen molar-refractivity contribution in [2.45, 2.75) is 6.42 Å². The fraction of sp³-hybridized carbons (Fsp3) is 0.273. The molecule has 1 aromatic carbocycles. The van der Waals surface area contributed by atoms with Crippen molar-refractivity contribution in [1.82, 2.24) is 0 Å². The predicted molar refractivity (Wildman–Crippen MR) is 60.0 cm³/mol. The van der Waals surface area contributed by atoms with E-state index in [1.165, 1.54) is 6.07 Å². The number of carboxylic acid groups (broad SMARTS) is 1. The predicted octanol–water partition coefficient (Wildman–Crippen LogP) is 2.04. The molecule has 4 nitrogen and oxygen atoms in total. The van der Waals surface area contributed by atoms with Gasteiger partial charge in [0.1, 0.15) is 5.92 Å². The molecule has 1 heterocycles. The van der Waals surface area contributed by atoms with Crippen molar-refractivity contribution in [3.8, 4) is 0 Å². The number of carbonyl (C=O) groups excluding carboxylic acids is 1. The Morgan fingerprint density at radius 2 is 2.25 bits per heavy atom. The molecule has 16 heavy (non-hydrogen) atoms. The molecule has 0 radical (unpaired) electrons. The third kappa shape index (κ3) is 1.88. The lowest BCUT2D eigenvalue weighted by atomic mass is 9.95. The minimum atomic E-state index is -1.08. The van der Waals surface area contributed by atoms with Crippen molar-refractivity contribution in [2.75, 3.05) is 11.9 Å². The van der Waals surface area contributed by atoms with E-state index in [1.807, 2.05) is 0 Å². The Bertz CT molecular complexity index is 459. The van der Waals surface area contributed by atoms with E-state index < -0.39 is 11.9 Å². The van der Waals surface area contributed by atoms with Gasteiger partial charge < -0.3 is 10.4 Å². The number of halogens is 1. The quantitative estimate of drug-likeness (QED) is 0.736. The van der Waals surface area contributed by atoms with Crippen molar-refractivity contribution in [2.24, 2.45) is 5.92 Å². The molecule has 2 N–H and O–H groups in total.